The van der Waals surface area contributed by atoms with Gasteiger partial charge in [0.1, 0.15) is 5.58 Å². The maximum absolute atomic E-state index is 13.4. The molecule has 0 aliphatic carbocycles. The number of ether oxygens (including phenoxy) is 1. The summed E-state index contributed by atoms with van der Waals surface area (Å²) in [4.78, 5) is 28.2. The maximum atomic E-state index is 13.4. The highest BCUT2D eigenvalue weighted by Gasteiger charge is 2.24. The maximum Gasteiger partial charge on any atom is 0.264 e. The Labute approximate surface area is 196 Å². The molecule has 1 amide bonds. The molecule has 0 unspecified atom stereocenters. The van der Waals surface area contributed by atoms with E-state index in [1.54, 1.807) is 17.0 Å². The fourth-order valence-corrected chi connectivity index (χ4v) is 4.38. The summed E-state index contributed by atoms with van der Waals surface area (Å²) in [5, 5.41) is 0.783. The Morgan fingerprint density at radius 2 is 1.85 bits per heavy atom. The van der Waals surface area contributed by atoms with Crippen LogP contribution in [0.25, 0.3) is 22.3 Å². The average Bonchev–Trinajstić information content (AvgIpc) is 2.84. The van der Waals surface area contributed by atoms with E-state index in [1.165, 1.54) is 0 Å². The number of nitrogens with zero attached hydrogens (tertiary/aromatic N) is 1. The predicted octanol–water partition coefficient (Wildman–Crippen LogP) is 5.78. The number of para-hydroxylation sites is 1. The number of fused-ring (bicyclic) bond motifs is 2. The van der Waals surface area contributed by atoms with Gasteiger partial charge in [0.25, 0.3) is 5.91 Å². The van der Waals surface area contributed by atoms with Crippen LogP contribution in [0.4, 0.5) is 5.69 Å². The summed E-state index contributed by atoms with van der Waals surface area (Å²) in [5.74, 6) is 0.0940. The van der Waals surface area contributed by atoms with Crippen molar-refractivity contribution in [3.8, 4) is 17.1 Å². The van der Waals surface area contributed by atoms with Crippen LogP contribution in [0.15, 0.2) is 75.9 Å². The number of rotatable bonds is 4. The van der Waals surface area contributed by atoms with Crippen molar-refractivity contribution in [1.29, 1.82) is 0 Å². The predicted molar refractivity (Wildman–Crippen MR) is 130 cm³/mol. The summed E-state index contributed by atoms with van der Waals surface area (Å²) in [7, 11) is 0. The number of hydrogen-bond acceptors (Lipinski definition) is 4. The molecule has 3 aromatic carbocycles. The highest BCUT2D eigenvalue weighted by molar-refractivity contribution is 6.32. The van der Waals surface area contributed by atoms with Gasteiger partial charge < -0.3 is 14.1 Å². The Morgan fingerprint density at radius 3 is 2.67 bits per heavy atom. The third-order valence-electron chi connectivity index (χ3n) is 5.92. The van der Waals surface area contributed by atoms with Gasteiger partial charge in [0.2, 0.25) is 11.2 Å². The lowest BCUT2D eigenvalue weighted by Gasteiger charge is -2.29. The zero-order chi connectivity index (χ0) is 22.9. The number of amides is 1. The Morgan fingerprint density at radius 1 is 1.09 bits per heavy atom. The summed E-state index contributed by atoms with van der Waals surface area (Å²) in [6.07, 6.45) is 1.82. The van der Waals surface area contributed by atoms with E-state index in [0.717, 1.165) is 29.7 Å². The zero-order valence-corrected chi connectivity index (χ0v) is 18.9. The van der Waals surface area contributed by atoms with Crippen molar-refractivity contribution in [3.63, 3.8) is 0 Å². The van der Waals surface area contributed by atoms with Gasteiger partial charge in [-0.25, -0.2) is 0 Å². The SMILES string of the molecule is Cc1cc2oc(-c3ccccc3)c(OCC(=O)N3CCCc4ccccc43)c(=O)c2cc1Cl. The number of halogens is 1. The van der Waals surface area contributed by atoms with Crippen LogP contribution in [-0.2, 0) is 11.2 Å². The number of benzene rings is 3. The van der Waals surface area contributed by atoms with Crippen molar-refractivity contribution < 1.29 is 13.9 Å². The molecule has 2 heterocycles. The van der Waals surface area contributed by atoms with Crippen LogP contribution in [0.5, 0.6) is 5.75 Å². The highest BCUT2D eigenvalue weighted by atomic mass is 35.5. The number of hydrogen-bond donors (Lipinski definition) is 0. The minimum Gasteiger partial charge on any atom is -0.476 e. The number of carbonyl (C=O) groups excluding carboxylic acids is 1. The van der Waals surface area contributed by atoms with E-state index in [9.17, 15) is 9.59 Å². The largest absolute Gasteiger partial charge is 0.476 e. The van der Waals surface area contributed by atoms with Crippen molar-refractivity contribution in [2.45, 2.75) is 19.8 Å². The lowest BCUT2D eigenvalue weighted by Crippen LogP contribution is -2.39. The second-order valence-electron chi connectivity index (χ2n) is 8.12. The number of anilines is 1. The molecular weight excluding hydrogens is 438 g/mol. The zero-order valence-electron chi connectivity index (χ0n) is 18.1. The molecule has 1 aromatic heterocycles. The molecule has 0 radical (unpaired) electrons. The number of carbonyl (C=O) groups is 1. The lowest BCUT2D eigenvalue weighted by atomic mass is 10.0. The summed E-state index contributed by atoms with van der Waals surface area (Å²) >= 11 is 6.26. The van der Waals surface area contributed by atoms with Gasteiger partial charge in [-0.15, -0.1) is 0 Å². The van der Waals surface area contributed by atoms with Gasteiger partial charge in [0.15, 0.2) is 12.4 Å². The number of aryl methyl sites for hydroxylation is 2. The van der Waals surface area contributed by atoms with E-state index < -0.39 is 0 Å². The molecule has 166 valence electrons. The second kappa shape index (κ2) is 8.75. The van der Waals surface area contributed by atoms with Gasteiger partial charge in [-0.2, -0.15) is 0 Å². The van der Waals surface area contributed by atoms with E-state index in [1.807, 2.05) is 61.5 Å². The van der Waals surface area contributed by atoms with Crippen molar-refractivity contribution >= 4 is 34.2 Å². The summed E-state index contributed by atoms with van der Waals surface area (Å²) in [6.45, 7) is 2.19. The summed E-state index contributed by atoms with van der Waals surface area (Å²) in [6, 6.07) is 20.5. The van der Waals surface area contributed by atoms with E-state index in [4.69, 9.17) is 20.8 Å². The molecule has 5 rings (SSSR count). The van der Waals surface area contributed by atoms with Crippen LogP contribution < -0.4 is 15.1 Å². The molecule has 0 saturated heterocycles. The molecule has 1 aliphatic heterocycles. The lowest BCUT2D eigenvalue weighted by molar-refractivity contribution is -0.120. The van der Waals surface area contributed by atoms with Crippen LogP contribution in [0.2, 0.25) is 5.02 Å². The fourth-order valence-electron chi connectivity index (χ4n) is 4.21. The average molecular weight is 460 g/mol. The van der Waals surface area contributed by atoms with Crippen LogP contribution in [0.1, 0.15) is 17.5 Å². The Hall–Kier alpha value is -3.57. The second-order valence-corrected chi connectivity index (χ2v) is 8.53. The minimum absolute atomic E-state index is 0.00673. The van der Waals surface area contributed by atoms with Crippen LogP contribution in [0.3, 0.4) is 0 Å². The topological polar surface area (TPSA) is 59.8 Å². The van der Waals surface area contributed by atoms with Gasteiger partial charge in [-0.1, -0.05) is 60.1 Å². The Kier molecular flexibility index (Phi) is 5.65. The van der Waals surface area contributed by atoms with E-state index >= 15 is 0 Å². The standard InChI is InChI=1S/C27H22ClNO4/c1-17-14-23-20(15-21(17)28)25(31)27(26(33-23)19-9-3-2-4-10-19)32-16-24(30)29-13-7-11-18-8-5-6-12-22(18)29/h2-6,8-10,12,14-15H,7,11,13,16H2,1H3. The third-order valence-corrected chi connectivity index (χ3v) is 6.32. The first-order valence-electron chi connectivity index (χ1n) is 10.9. The van der Waals surface area contributed by atoms with Crippen LogP contribution >= 0.6 is 11.6 Å². The monoisotopic (exact) mass is 459 g/mol. The molecule has 0 saturated carbocycles. The third kappa shape index (κ3) is 4.00. The molecule has 33 heavy (non-hydrogen) atoms. The van der Waals surface area contributed by atoms with Gasteiger partial charge in [0.05, 0.1) is 5.39 Å². The molecule has 0 fully saturated rings. The summed E-state index contributed by atoms with van der Waals surface area (Å²) < 4.78 is 12.0. The van der Waals surface area contributed by atoms with Gasteiger partial charge >= 0.3 is 0 Å². The first kappa shape index (κ1) is 21.3. The van der Waals surface area contributed by atoms with Gasteiger partial charge in [-0.05, 0) is 49.1 Å². The first-order chi connectivity index (χ1) is 16.0. The van der Waals surface area contributed by atoms with E-state index in [0.29, 0.717) is 33.9 Å². The molecule has 5 nitrogen and oxygen atoms in total. The molecule has 0 bridgehead atoms. The molecule has 1 aliphatic rings. The van der Waals surface area contributed by atoms with Crippen molar-refractivity contribution in [2.24, 2.45) is 0 Å². The molecule has 0 N–H and O–H groups in total. The van der Waals surface area contributed by atoms with Crippen molar-refractivity contribution in [1.82, 2.24) is 0 Å². The first-order valence-corrected chi connectivity index (χ1v) is 11.2. The van der Waals surface area contributed by atoms with Crippen molar-refractivity contribution in [3.05, 3.63) is 93.1 Å². The van der Waals surface area contributed by atoms with E-state index in [-0.39, 0.29) is 23.7 Å². The smallest absolute Gasteiger partial charge is 0.264 e. The Bertz CT molecular complexity index is 1410. The van der Waals surface area contributed by atoms with Crippen LogP contribution in [-0.4, -0.2) is 19.1 Å². The Balaban J connectivity index is 1.54. The van der Waals surface area contributed by atoms with Gasteiger partial charge in [0, 0.05) is 22.8 Å². The van der Waals surface area contributed by atoms with E-state index in [2.05, 4.69) is 0 Å². The molecule has 0 spiro atoms. The van der Waals surface area contributed by atoms with Crippen LogP contribution in [0, 0.1) is 6.92 Å². The van der Waals surface area contributed by atoms with Crippen molar-refractivity contribution in [2.75, 3.05) is 18.1 Å². The quantitative estimate of drug-likeness (QED) is 0.388. The highest BCUT2D eigenvalue weighted by Crippen LogP contribution is 2.33. The normalized spacial score (nSPS) is 13.1. The fraction of sp³-hybridized carbons (Fsp3) is 0.185. The molecular formula is C27H22ClNO4. The van der Waals surface area contributed by atoms with Gasteiger partial charge in [-0.3, -0.25) is 9.59 Å². The molecule has 6 heteroatoms. The summed E-state index contributed by atoms with van der Waals surface area (Å²) in [5.41, 5.74) is 3.59. The molecule has 4 aromatic rings. The minimum atomic E-state index is -0.358. The molecule has 0 atom stereocenters.